The maximum atomic E-state index is 14.4. The van der Waals surface area contributed by atoms with Gasteiger partial charge in [-0.2, -0.15) is 19.2 Å². The van der Waals surface area contributed by atoms with E-state index in [9.17, 15) is 33.1 Å². The zero-order valence-corrected chi connectivity index (χ0v) is 53.5. The molecule has 2 saturated heterocycles. The van der Waals surface area contributed by atoms with Gasteiger partial charge in [-0.25, -0.2) is 18.7 Å². The molecular formula is C61H63Cl4F2IN10O8. The van der Waals surface area contributed by atoms with Gasteiger partial charge in [0.1, 0.15) is 23.3 Å². The van der Waals surface area contributed by atoms with Gasteiger partial charge in [0.2, 0.25) is 0 Å². The number of carboxylic acid groups (broad SMARTS) is 1. The van der Waals surface area contributed by atoms with Gasteiger partial charge in [-0.15, -0.1) is 0 Å². The summed E-state index contributed by atoms with van der Waals surface area (Å²) in [6.07, 6.45) is 0.556. The molecule has 2 aliphatic rings. The van der Waals surface area contributed by atoms with Crippen LogP contribution in [0, 0.1) is 37.3 Å². The SMILES string of the molecule is CCOC(=O)C[C@@H]1CCN(C(=O)c2cc3nc(-c4ccc(Cl)c(F)c4)cc(N(C)c4c(C)cccc4Cl)n3n2)C[C@@H]1OC.CI.CO[C@H]1CN(C(=O)c2cc3nc(-c4ccc(Cl)c(F)c4)cc(N(C)c4c(C)cccc4Cl)n3n2)CC[C@H]1CC(=O)O. The Morgan fingerprint density at radius 3 is 1.42 bits per heavy atom. The van der Waals surface area contributed by atoms with Crippen molar-refractivity contribution in [1.29, 1.82) is 0 Å². The lowest BCUT2D eigenvalue weighted by atomic mass is 9.90. The molecule has 2 amide bonds. The number of likely N-dealkylation sites (tertiary alicyclic amines) is 2. The number of nitrogens with zero attached hydrogens (tertiary/aromatic N) is 10. The smallest absolute Gasteiger partial charge is 0.306 e. The standard InChI is InChI=1S/C31H32Cl2FN5O4.C29H28Cl2FN5O4.CH3I/c1-5-43-29(40)14-20-11-12-38(17-26(20)42-4)31(41)25-15-27-35-24(19-9-10-21(32)23(34)13-19)16-28(39(27)36-25)37(3)30-18(2)7-6-8-22(30)33;1-16-5-4-6-20(31)28(16)35(2)26-14-22(17-7-8-19(30)21(32)11-17)33-25-13-23(34-37(25)26)29(40)36-10-9-18(12-27(38)39)24(15-36)41-3;1-2/h6-10,13,15-16,20,26H,5,11-12,14,17H2,1-4H3;4-8,11,13-14,18,24H,9-10,12,15H2,1-3H3,(H,38,39);1H3/t20-,26-;18-,24-;/m00./s1. The Hall–Kier alpha value is -6.73. The summed E-state index contributed by atoms with van der Waals surface area (Å²) in [5.74, 6) is -2.07. The van der Waals surface area contributed by atoms with Crippen molar-refractivity contribution in [2.45, 2.75) is 58.7 Å². The number of carbonyl (C=O) groups excluding carboxylic acids is 3. The van der Waals surface area contributed by atoms with E-state index in [1.54, 1.807) is 81.4 Å². The number of piperidine rings is 2. The number of aromatic nitrogens is 6. The Bertz CT molecular complexity index is 3780. The van der Waals surface area contributed by atoms with E-state index in [1.807, 2.05) is 66.9 Å². The fourth-order valence-electron chi connectivity index (χ4n) is 10.8. The van der Waals surface area contributed by atoms with Crippen LogP contribution in [0.2, 0.25) is 20.1 Å². The zero-order chi connectivity index (χ0) is 62.3. The average molecular weight is 1370 g/mol. The van der Waals surface area contributed by atoms with Gasteiger partial charge in [0.05, 0.1) is 74.5 Å². The fraction of sp³-hybridized carbons (Fsp3) is 0.344. The molecule has 86 heavy (non-hydrogen) atoms. The Morgan fingerprint density at radius 2 is 1.05 bits per heavy atom. The molecule has 1 N–H and O–H groups in total. The number of hydrogen-bond acceptors (Lipinski definition) is 13. The average Bonchev–Trinajstić information content (AvgIpc) is 1.73. The molecule has 8 aromatic rings. The quantitative estimate of drug-likeness (QED) is 0.0579. The molecule has 0 radical (unpaired) electrons. The van der Waals surface area contributed by atoms with E-state index < -0.39 is 23.7 Å². The molecular weight excluding hydrogens is 1310 g/mol. The van der Waals surface area contributed by atoms with Crippen LogP contribution in [0.1, 0.15) is 64.7 Å². The van der Waals surface area contributed by atoms with Crippen LogP contribution in [-0.4, -0.2) is 146 Å². The van der Waals surface area contributed by atoms with Crippen LogP contribution in [0.4, 0.5) is 31.8 Å². The number of esters is 1. The summed E-state index contributed by atoms with van der Waals surface area (Å²) in [5.41, 5.74) is 6.38. The van der Waals surface area contributed by atoms with Crippen LogP contribution in [0.3, 0.4) is 0 Å². The first kappa shape index (κ1) is 65.2. The predicted octanol–water partition coefficient (Wildman–Crippen LogP) is 13.3. The number of aliphatic carboxylic acids is 1. The summed E-state index contributed by atoms with van der Waals surface area (Å²) in [4.78, 5) is 69.1. The van der Waals surface area contributed by atoms with E-state index in [2.05, 4.69) is 32.8 Å². The number of halogens is 7. The van der Waals surface area contributed by atoms with Crippen LogP contribution in [0.15, 0.2) is 97.1 Å². The van der Waals surface area contributed by atoms with Crippen LogP contribution >= 0.6 is 69.0 Å². The first-order valence-corrected chi connectivity index (χ1v) is 30.9. The number of methoxy groups -OCH3 is 2. The highest BCUT2D eigenvalue weighted by molar-refractivity contribution is 14.1. The second kappa shape index (κ2) is 28.9. The van der Waals surface area contributed by atoms with Gasteiger partial charge in [-0.3, -0.25) is 19.2 Å². The monoisotopic (exact) mass is 1370 g/mol. The van der Waals surface area contributed by atoms with Gasteiger partial charge in [0, 0.05) is 89.9 Å². The summed E-state index contributed by atoms with van der Waals surface area (Å²) in [6, 6.07) is 26.8. The third-order valence-electron chi connectivity index (χ3n) is 15.2. The van der Waals surface area contributed by atoms with E-state index in [4.69, 9.17) is 70.6 Å². The zero-order valence-electron chi connectivity index (χ0n) is 48.3. The lowest BCUT2D eigenvalue weighted by molar-refractivity contribution is -0.146. The van der Waals surface area contributed by atoms with Crippen molar-refractivity contribution < 1.29 is 47.3 Å². The topological polar surface area (TPSA) is 190 Å². The number of amides is 2. The van der Waals surface area contributed by atoms with Crippen molar-refractivity contribution in [3.8, 4) is 22.5 Å². The molecule has 10 rings (SSSR count). The summed E-state index contributed by atoms with van der Waals surface area (Å²) in [6.45, 7) is 7.33. The first-order valence-electron chi connectivity index (χ1n) is 27.3. The highest BCUT2D eigenvalue weighted by Crippen LogP contribution is 2.39. The molecule has 0 saturated carbocycles. The summed E-state index contributed by atoms with van der Waals surface area (Å²) in [7, 11) is 6.76. The van der Waals surface area contributed by atoms with Crippen LogP contribution < -0.4 is 9.80 Å². The number of aryl methyl sites for hydroxylation is 2. The molecule has 25 heteroatoms. The van der Waals surface area contributed by atoms with Gasteiger partial charge in [0.25, 0.3) is 11.8 Å². The molecule has 4 aromatic carbocycles. The second-order valence-electron chi connectivity index (χ2n) is 20.5. The first-order chi connectivity index (χ1) is 41.2. The molecule has 454 valence electrons. The van der Waals surface area contributed by atoms with Crippen LogP contribution in [-0.2, 0) is 23.8 Å². The number of para-hydroxylation sites is 2. The number of benzene rings is 4. The highest BCUT2D eigenvalue weighted by atomic mass is 127. The minimum atomic E-state index is -0.898. The maximum Gasteiger partial charge on any atom is 0.306 e. The third kappa shape index (κ3) is 14.5. The number of anilines is 4. The maximum absolute atomic E-state index is 14.4. The minimum absolute atomic E-state index is 0.00224. The van der Waals surface area contributed by atoms with Crippen LogP contribution in [0.5, 0.6) is 0 Å². The van der Waals surface area contributed by atoms with Gasteiger partial charge in [-0.05, 0) is 97.9 Å². The van der Waals surface area contributed by atoms with E-state index in [-0.39, 0.29) is 76.5 Å². The van der Waals surface area contributed by atoms with E-state index in [0.717, 1.165) is 22.5 Å². The normalized spacial score (nSPS) is 16.7. The van der Waals surface area contributed by atoms with E-state index in [1.165, 1.54) is 31.4 Å². The number of carbonyl (C=O) groups is 4. The molecule has 2 aliphatic heterocycles. The Kier molecular flexibility index (Phi) is 21.9. The molecule has 6 heterocycles. The Morgan fingerprint density at radius 1 is 0.628 bits per heavy atom. The van der Waals surface area contributed by atoms with E-state index in [0.29, 0.717) is 94.6 Å². The van der Waals surface area contributed by atoms with Crippen molar-refractivity contribution in [3.05, 3.63) is 151 Å². The van der Waals surface area contributed by atoms with Crippen LogP contribution in [0.25, 0.3) is 33.8 Å². The molecule has 0 aliphatic carbocycles. The lowest BCUT2D eigenvalue weighted by Gasteiger charge is -2.37. The predicted molar refractivity (Wildman–Crippen MR) is 338 cm³/mol. The minimum Gasteiger partial charge on any atom is -0.481 e. The number of alkyl halides is 1. The fourth-order valence-corrected chi connectivity index (χ4v) is 11.8. The van der Waals surface area contributed by atoms with Gasteiger partial charge in [-0.1, -0.05) is 105 Å². The highest BCUT2D eigenvalue weighted by Gasteiger charge is 2.36. The third-order valence-corrected chi connectivity index (χ3v) is 16.4. The molecule has 0 spiro atoms. The molecule has 4 atom stereocenters. The van der Waals surface area contributed by atoms with Crippen molar-refractivity contribution in [1.82, 2.24) is 39.0 Å². The number of rotatable bonds is 15. The molecule has 18 nitrogen and oxygen atoms in total. The number of carboxylic acids is 1. The summed E-state index contributed by atoms with van der Waals surface area (Å²) >= 11 is 27.2. The van der Waals surface area contributed by atoms with Gasteiger partial charge < -0.3 is 38.9 Å². The van der Waals surface area contributed by atoms with Gasteiger partial charge in [0.15, 0.2) is 22.7 Å². The van der Waals surface area contributed by atoms with E-state index >= 15 is 0 Å². The number of fused-ring (bicyclic) bond motifs is 2. The molecule has 4 aromatic heterocycles. The second-order valence-corrected chi connectivity index (χ2v) is 22.2. The van der Waals surface area contributed by atoms with Crippen molar-refractivity contribution in [3.63, 3.8) is 0 Å². The number of hydrogen-bond donors (Lipinski definition) is 1. The summed E-state index contributed by atoms with van der Waals surface area (Å²) < 4.78 is 48.2. The van der Waals surface area contributed by atoms with Gasteiger partial charge >= 0.3 is 11.9 Å². The Labute approximate surface area is 530 Å². The largest absolute Gasteiger partial charge is 0.481 e. The summed E-state index contributed by atoms with van der Waals surface area (Å²) in [5, 5.41) is 19.6. The number of ether oxygens (including phenoxy) is 3. The molecule has 0 unspecified atom stereocenters. The molecule has 2 fully saturated rings. The molecule has 0 bridgehead atoms. The lowest BCUT2D eigenvalue weighted by Crippen LogP contribution is -2.48. The van der Waals surface area contributed by atoms with Crippen molar-refractivity contribution in [2.75, 3.05) is 75.8 Å². The van der Waals surface area contributed by atoms with Crippen molar-refractivity contribution >= 4 is 127 Å². The Balaban J connectivity index is 0.000000218. The van der Waals surface area contributed by atoms with Crippen molar-refractivity contribution in [2.24, 2.45) is 11.8 Å².